The first kappa shape index (κ1) is 20.2. The van der Waals surface area contributed by atoms with Crippen molar-refractivity contribution in [1.82, 2.24) is 0 Å². The summed E-state index contributed by atoms with van der Waals surface area (Å²) < 4.78 is 5.87. The molecule has 142 valence electrons. The Labute approximate surface area is 152 Å². The number of hydrogen-bond donors (Lipinski definition) is 2. The molecule has 2 N–H and O–H groups in total. The van der Waals surface area contributed by atoms with Gasteiger partial charge in [-0.3, -0.25) is 4.79 Å². The third kappa shape index (κ3) is 6.59. The van der Waals surface area contributed by atoms with Gasteiger partial charge in [0.1, 0.15) is 0 Å². The number of aliphatic hydroxyl groups is 1. The highest BCUT2D eigenvalue weighted by molar-refractivity contribution is 5.66. The number of aliphatic carboxylic acids is 1. The van der Waals surface area contributed by atoms with Crippen molar-refractivity contribution >= 4 is 5.97 Å². The fourth-order valence-corrected chi connectivity index (χ4v) is 4.15. The van der Waals surface area contributed by atoms with Crippen molar-refractivity contribution in [2.24, 2.45) is 17.8 Å². The van der Waals surface area contributed by atoms with Crippen LogP contribution in [0, 0.1) is 17.8 Å². The standard InChI is InChI=1S/C21H34O4/c1-2-3-6-9-17(22)12-13-19-18(16-14-20(19)25-15-16)10-7-4-5-8-11-21(23)24/h4,7,12-13,16-20,22H,2-3,5-6,8-11,14-15H2,1H3,(H,23,24)/b7-4+,13-12+/t16-,17+,18+,19-,20-/m1/s1. The number of unbranched alkanes of at least 4 members (excludes halogenated alkanes) is 3. The molecule has 0 radical (unpaired) electrons. The Balaban J connectivity index is 1.78. The van der Waals surface area contributed by atoms with Gasteiger partial charge in [-0.1, -0.05) is 50.5 Å². The van der Waals surface area contributed by atoms with Crippen molar-refractivity contribution in [2.45, 2.75) is 76.9 Å². The first-order valence-corrected chi connectivity index (χ1v) is 9.96. The van der Waals surface area contributed by atoms with Crippen LogP contribution in [0.5, 0.6) is 0 Å². The van der Waals surface area contributed by atoms with Crippen LogP contribution < -0.4 is 0 Å². The molecule has 0 aromatic rings. The van der Waals surface area contributed by atoms with Gasteiger partial charge in [-0.05, 0) is 43.9 Å². The van der Waals surface area contributed by atoms with E-state index in [-0.39, 0.29) is 12.5 Å². The summed E-state index contributed by atoms with van der Waals surface area (Å²) in [6.07, 6.45) is 16.7. The van der Waals surface area contributed by atoms with Crippen LogP contribution in [0.15, 0.2) is 24.3 Å². The summed E-state index contributed by atoms with van der Waals surface area (Å²) in [5, 5.41) is 18.8. The van der Waals surface area contributed by atoms with Gasteiger partial charge in [-0.2, -0.15) is 0 Å². The van der Waals surface area contributed by atoms with Gasteiger partial charge in [-0.15, -0.1) is 0 Å². The van der Waals surface area contributed by atoms with E-state index < -0.39 is 5.97 Å². The Morgan fingerprint density at radius 3 is 2.88 bits per heavy atom. The zero-order valence-electron chi connectivity index (χ0n) is 15.5. The maximum absolute atomic E-state index is 10.5. The minimum absolute atomic E-state index is 0.244. The Kier molecular flexibility index (Phi) is 8.70. The summed E-state index contributed by atoms with van der Waals surface area (Å²) in [4.78, 5) is 10.5. The van der Waals surface area contributed by atoms with E-state index in [1.807, 2.05) is 6.08 Å². The SMILES string of the molecule is CCCCC[C@H](O)/C=C/[C@@H]1[C@@H](C/C=C/CCCC(=O)O)[C@H]2CO[C@@H]1C2. The van der Waals surface area contributed by atoms with Crippen LogP contribution in [0.1, 0.15) is 64.7 Å². The number of ether oxygens (including phenoxy) is 1. The van der Waals surface area contributed by atoms with Crippen LogP contribution in [0.25, 0.3) is 0 Å². The molecule has 2 aliphatic rings. The highest BCUT2D eigenvalue weighted by Crippen LogP contribution is 2.47. The number of carbonyl (C=O) groups is 1. The molecule has 1 aliphatic heterocycles. The van der Waals surface area contributed by atoms with Gasteiger partial charge < -0.3 is 14.9 Å². The Bertz CT molecular complexity index is 457. The lowest BCUT2D eigenvalue weighted by atomic mass is 9.84. The van der Waals surface area contributed by atoms with E-state index in [4.69, 9.17) is 9.84 Å². The van der Waals surface area contributed by atoms with Crippen LogP contribution in [0.4, 0.5) is 0 Å². The van der Waals surface area contributed by atoms with Crippen LogP contribution in [0.3, 0.4) is 0 Å². The van der Waals surface area contributed by atoms with Crippen LogP contribution in [-0.2, 0) is 9.53 Å². The molecule has 25 heavy (non-hydrogen) atoms. The zero-order chi connectivity index (χ0) is 18.1. The lowest BCUT2D eigenvalue weighted by molar-refractivity contribution is -0.137. The lowest BCUT2D eigenvalue weighted by Gasteiger charge is -2.28. The normalized spacial score (nSPS) is 29.8. The fourth-order valence-electron chi connectivity index (χ4n) is 4.15. The predicted molar refractivity (Wildman–Crippen MR) is 99.4 cm³/mol. The third-order valence-electron chi connectivity index (χ3n) is 5.58. The zero-order valence-corrected chi connectivity index (χ0v) is 15.5. The van der Waals surface area contributed by atoms with E-state index in [2.05, 4.69) is 25.2 Å². The van der Waals surface area contributed by atoms with Gasteiger partial charge in [0.15, 0.2) is 0 Å². The number of fused-ring (bicyclic) bond motifs is 2. The molecule has 1 saturated heterocycles. The van der Waals surface area contributed by atoms with E-state index in [0.29, 0.717) is 30.3 Å². The second-order valence-electron chi connectivity index (χ2n) is 7.55. The molecule has 4 nitrogen and oxygen atoms in total. The second-order valence-corrected chi connectivity index (χ2v) is 7.55. The number of carboxylic acids is 1. The van der Waals surface area contributed by atoms with Gasteiger partial charge in [0, 0.05) is 12.3 Å². The fraction of sp³-hybridized carbons (Fsp3) is 0.762. The number of aliphatic hydroxyl groups excluding tert-OH is 1. The number of rotatable bonds is 12. The minimum atomic E-state index is -0.721. The van der Waals surface area contributed by atoms with Crippen molar-refractivity contribution in [3.05, 3.63) is 24.3 Å². The van der Waals surface area contributed by atoms with Gasteiger partial charge in [0.2, 0.25) is 0 Å². The minimum Gasteiger partial charge on any atom is -0.481 e. The lowest BCUT2D eigenvalue weighted by Crippen LogP contribution is -2.27. The van der Waals surface area contributed by atoms with E-state index in [9.17, 15) is 9.90 Å². The molecular formula is C21H34O4. The highest BCUT2D eigenvalue weighted by atomic mass is 16.5. The molecule has 0 aromatic carbocycles. The molecule has 1 heterocycles. The van der Waals surface area contributed by atoms with Gasteiger partial charge in [-0.25, -0.2) is 0 Å². The molecular weight excluding hydrogens is 316 g/mol. The Morgan fingerprint density at radius 2 is 2.12 bits per heavy atom. The predicted octanol–water partition coefficient (Wildman–Crippen LogP) is 4.34. The monoisotopic (exact) mass is 350 g/mol. The molecule has 5 atom stereocenters. The quantitative estimate of drug-likeness (QED) is 0.406. The summed E-state index contributed by atoms with van der Waals surface area (Å²) >= 11 is 0. The highest BCUT2D eigenvalue weighted by Gasteiger charge is 2.46. The van der Waals surface area contributed by atoms with E-state index >= 15 is 0 Å². The molecule has 1 saturated carbocycles. The third-order valence-corrected chi connectivity index (χ3v) is 5.58. The number of allylic oxidation sites excluding steroid dienone is 2. The van der Waals surface area contributed by atoms with Gasteiger partial charge >= 0.3 is 5.97 Å². The van der Waals surface area contributed by atoms with E-state index in [1.54, 1.807) is 0 Å². The van der Waals surface area contributed by atoms with Gasteiger partial charge in [0.05, 0.1) is 18.8 Å². The summed E-state index contributed by atoms with van der Waals surface area (Å²) in [6, 6.07) is 0. The topological polar surface area (TPSA) is 66.8 Å². The van der Waals surface area contributed by atoms with Crippen LogP contribution in [-0.4, -0.2) is 35.0 Å². The Morgan fingerprint density at radius 1 is 1.28 bits per heavy atom. The molecule has 0 unspecified atom stereocenters. The van der Waals surface area contributed by atoms with Crippen molar-refractivity contribution < 1.29 is 19.7 Å². The smallest absolute Gasteiger partial charge is 0.303 e. The van der Waals surface area contributed by atoms with E-state index in [0.717, 1.165) is 38.7 Å². The maximum Gasteiger partial charge on any atom is 0.303 e. The molecule has 0 spiro atoms. The summed E-state index contributed by atoms with van der Waals surface area (Å²) in [5.41, 5.74) is 0. The summed E-state index contributed by atoms with van der Waals surface area (Å²) in [5.74, 6) is 0.902. The van der Waals surface area contributed by atoms with Crippen molar-refractivity contribution in [3.8, 4) is 0 Å². The first-order valence-electron chi connectivity index (χ1n) is 9.96. The van der Waals surface area contributed by atoms with Crippen LogP contribution in [0.2, 0.25) is 0 Å². The molecule has 2 fully saturated rings. The summed E-state index contributed by atoms with van der Waals surface area (Å²) in [6.45, 7) is 3.04. The molecule has 2 rings (SSSR count). The largest absolute Gasteiger partial charge is 0.481 e. The molecule has 4 heteroatoms. The number of hydrogen-bond acceptors (Lipinski definition) is 3. The average molecular weight is 350 g/mol. The number of carboxylic acid groups (broad SMARTS) is 1. The second kappa shape index (κ2) is 10.8. The Hall–Kier alpha value is -1.13. The van der Waals surface area contributed by atoms with Crippen LogP contribution >= 0.6 is 0 Å². The summed E-state index contributed by atoms with van der Waals surface area (Å²) in [7, 11) is 0. The van der Waals surface area contributed by atoms with E-state index in [1.165, 1.54) is 12.8 Å². The van der Waals surface area contributed by atoms with Crippen molar-refractivity contribution in [2.75, 3.05) is 6.61 Å². The molecule has 0 amide bonds. The van der Waals surface area contributed by atoms with Crippen molar-refractivity contribution in [1.29, 1.82) is 0 Å². The molecule has 1 aliphatic carbocycles. The van der Waals surface area contributed by atoms with Gasteiger partial charge in [0.25, 0.3) is 0 Å². The maximum atomic E-state index is 10.5. The van der Waals surface area contributed by atoms with Crippen molar-refractivity contribution in [3.63, 3.8) is 0 Å². The molecule has 0 aromatic heterocycles. The average Bonchev–Trinajstić information content (AvgIpc) is 3.17. The molecule has 2 bridgehead atoms. The first-order chi connectivity index (χ1) is 12.1.